The van der Waals surface area contributed by atoms with E-state index in [0.29, 0.717) is 5.17 Å². The molecule has 2 atom stereocenters. The van der Waals surface area contributed by atoms with E-state index in [1.54, 1.807) is 0 Å². The SMILES string of the molecule is Cc1cc(C)cc(N2C(=NC(=O)C(C)C)S[C@H]3CS(=O)(=O)C[C@H]32)c1. The number of rotatable bonds is 2. The normalized spacial score (nSPS) is 27.0. The number of benzene rings is 1. The van der Waals surface area contributed by atoms with E-state index in [0.717, 1.165) is 16.8 Å². The summed E-state index contributed by atoms with van der Waals surface area (Å²) in [6.07, 6.45) is 0. The van der Waals surface area contributed by atoms with Gasteiger partial charge >= 0.3 is 0 Å². The molecule has 24 heavy (non-hydrogen) atoms. The monoisotopic (exact) mass is 366 g/mol. The Kier molecular flexibility index (Phi) is 4.51. The van der Waals surface area contributed by atoms with Gasteiger partial charge in [-0.05, 0) is 37.1 Å². The third-order valence-electron chi connectivity index (χ3n) is 4.25. The van der Waals surface area contributed by atoms with E-state index in [4.69, 9.17) is 0 Å². The van der Waals surface area contributed by atoms with Crippen molar-refractivity contribution in [1.82, 2.24) is 0 Å². The number of hydrogen-bond acceptors (Lipinski definition) is 4. The van der Waals surface area contributed by atoms with Crippen LogP contribution >= 0.6 is 11.8 Å². The summed E-state index contributed by atoms with van der Waals surface area (Å²) in [6, 6.07) is 5.97. The number of sulfone groups is 1. The van der Waals surface area contributed by atoms with Gasteiger partial charge in [0.25, 0.3) is 5.91 Å². The maximum Gasteiger partial charge on any atom is 0.250 e. The van der Waals surface area contributed by atoms with Gasteiger partial charge < -0.3 is 4.90 Å². The molecule has 2 aliphatic rings. The number of aliphatic imine (C=N–C) groups is 1. The molecule has 3 rings (SSSR count). The van der Waals surface area contributed by atoms with E-state index < -0.39 is 9.84 Å². The second-order valence-electron chi connectivity index (χ2n) is 6.90. The molecule has 2 aliphatic heterocycles. The van der Waals surface area contributed by atoms with Gasteiger partial charge in [-0.3, -0.25) is 4.79 Å². The maximum absolute atomic E-state index is 12.1. The lowest BCUT2D eigenvalue weighted by atomic mass is 10.1. The van der Waals surface area contributed by atoms with Gasteiger partial charge in [0.2, 0.25) is 0 Å². The molecule has 0 bridgehead atoms. The van der Waals surface area contributed by atoms with Crippen molar-refractivity contribution < 1.29 is 13.2 Å². The van der Waals surface area contributed by atoms with Gasteiger partial charge in [0.15, 0.2) is 15.0 Å². The summed E-state index contributed by atoms with van der Waals surface area (Å²) >= 11 is 1.42. The second-order valence-corrected chi connectivity index (χ2v) is 10.3. The zero-order valence-electron chi connectivity index (χ0n) is 14.3. The van der Waals surface area contributed by atoms with Gasteiger partial charge in [-0.1, -0.05) is 31.7 Å². The lowest BCUT2D eigenvalue weighted by molar-refractivity contribution is -0.120. The number of thioether (sulfide) groups is 1. The molecule has 0 aromatic heterocycles. The second kappa shape index (κ2) is 6.19. The summed E-state index contributed by atoms with van der Waals surface area (Å²) < 4.78 is 24.1. The Hall–Kier alpha value is -1.34. The van der Waals surface area contributed by atoms with Crippen molar-refractivity contribution in [3.05, 3.63) is 29.3 Å². The standard InChI is InChI=1S/C17H22N2O3S2/c1-10(2)16(20)18-17-19(13-6-11(3)5-12(4)7-13)14-8-24(21,22)9-15(14)23-17/h5-7,10,14-15H,8-9H2,1-4H3/t14-,15+/m1/s1. The highest BCUT2D eigenvalue weighted by Gasteiger charge is 2.49. The molecule has 5 nitrogen and oxygen atoms in total. The summed E-state index contributed by atoms with van der Waals surface area (Å²) in [5.41, 5.74) is 3.13. The molecule has 2 fully saturated rings. The quantitative estimate of drug-likeness (QED) is 0.805. The van der Waals surface area contributed by atoms with Crippen LogP contribution in [0.1, 0.15) is 25.0 Å². The lowest BCUT2D eigenvalue weighted by Crippen LogP contribution is -2.38. The van der Waals surface area contributed by atoms with E-state index in [9.17, 15) is 13.2 Å². The maximum atomic E-state index is 12.1. The average Bonchev–Trinajstić information content (AvgIpc) is 2.88. The molecule has 0 spiro atoms. The van der Waals surface area contributed by atoms with Crippen LogP contribution < -0.4 is 4.90 Å². The van der Waals surface area contributed by atoms with Crippen LogP contribution in [-0.4, -0.2) is 42.3 Å². The molecule has 1 aromatic rings. The third-order valence-corrected chi connectivity index (χ3v) is 7.46. The number of nitrogens with zero attached hydrogens (tertiary/aromatic N) is 2. The Balaban J connectivity index is 2.06. The van der Waals surface area contributed by atoms with Gasteiger partial charge in [-0.2, -0.15) is 4.99 Å². The average molecular weight is 367 g/mol. The minimum atomic E-state index is -3.04. The molecule has 2 heterocycles. The fourth-order valence-electron chi connectivity index (χ4n) is 3.18. The zero-order chi connectivity index (χ0) is 17.6. The Morgan fingerprint density at radius 1 is 1.21 bits per heavy atom. The third kappa shape index (κ3) is 3.37. The first-order chi connectivity index (χ1) is 11.2. The molecule has 0 aliphatic carbocycles. The predicted molar refractivity (Wildman–Crippen MR) is 99.5 cm³/mol. The number of amidine groups is 1. The number of carbonyl (C=O) groups excluding carboxylic acids is 1. The number of aryl methyl sites for hydroxylation is 2. The van der Waals surface area contributed by atoms with Crippen LogP contribution in [0.25, 0.3) is 0 Å². The van der Waals surface area contributed by atoms with Gasteiger partial charge in [0.1, 0.15) is 0 Å². The summed E-state index contributed by atoms with van der Waals surface area (Å²) in [7, 11) is -3.04. The van der Waals surface area contributed by atoms with Crippen LogP contribution in [0.2, 0.25) is 0 Å². The van der Waals surface area contributed by atoms with Gasteiger partial charge in [-0.15, -0.1) is 0 Å². The largest absolute Gasteiger partial charge is 0.316 e. The van der Waals surface area contributed by atoms with Crippen LogP contribution in [0.5, 0.6) is 0 Å². The highest BCUT2D eigenvalue weighted by atomic mass is 32.2. The van der Waals surface area contributed by atoms with E-state index in [2.05, 4.69) is 11.1 Å². The number of anilines is 1. The minimum absolute atomic E-state index is 0.0606. The summed E-state index contributed by atoms with van der Waals surface area (Å²) in [4.78, 5) is 18.4. The molecule has 0 radical (unpaired) electrons. The van der Waals surface area contributed by atoms with Crippen molar-refractivity contribution in [2.45, 2.75) is 39.0 Å². The minimum Gasteiger partial charge on any atom is -0.316 e. The summed E-state index contributed by atoms with van der Waals surface area (Å²) in [5, 5.41) is 0.568. The molecule has 0 N–H and O–H groups in total. The molecule has 7 heteroatoms. The van der Waals surface area contributed by atoms with E-state index >= 15 is 0 Å². The number of fused-ring (bicyclic) bond motifs is 1. The molecule has 130 valence electrons. The molecule has 2 saturated heterocycles. The summed E-state index contributed by atoms with van der Waals surface area (Å²) in [5.74, 6) is -0.0801. The Morgan fingerprint density at radius 3 is 2.42 bits per heavy atom. The highest BCUT2D eigenvalue weighted by Crippen LogP contribution is 2.41. The van der Waals surface area contributed by atoms with Crippen LogP contribution in [0, 0.1) is 19.8 Å². The van der Waals surface area contributed by atoms with Crippen LogP contribution in [0.4, 0.5) is 5.69 Å². The van der Waals surface area contributed by atoms with E-state index in [1.165, 1.54) is 11.8 Å². The van der Waals surface area contributed by atoms with Gasteiger partial charge in [0.05, 0.1) is 17.5 Å². The van der Waals surface area contributed by atoms with E-state index in [1.807, 2.05) is 44.7 Å². The number of amides is 1. The molecule has 1 amide bonds. The van der Waals surface area contributed by atoms with Crippen molar-refractivity contribution in [2.75, 3.05) is 16.4 Å². The predicted octanol–water partition coefficient (Wildman–Crippen LogP) is 2.56. The molecule has 0 saturated carbocycles. The fraction of sp³-hybridized carbons (Fsp3) is 0.529. The molecular formula is C17H22N2O3S2. The molecule has 1 aromatic carbocycles. The van der Waals surface area contributed by atoms with E-state index in [-0.39, 0.29) is 34.6 Å². The Bertz CT molecular complexity index is 795. The Labute approximate surface area is 147 Å². The number of carbonyl (C=O) groups is 1. The number of hydrogen-bond donors (Lipinski definition) is 0. The fourth-order valence-corrected chi connectivity index (χ4v) is 7.10. The first kappa shape index (κ1) is 17.5. The van der Waals surface area contributed by atoms with Crippen LogP contribution in [-0.2, 0) is 14.6 Å². The molecule has 0 unspecified atom stereocenters. The zero-order valence-corrected chi connectivity index (χ0v) is 15.9. The Morgan fingerprint density at radius 2 is 1.83 bits per heavy atom. The van der Waals surface area contributed by atoms with Crippen molar-refractivity contribution >= 4 is 38.4 Å². The first-order valence-electron chi connectivity index (χ1n) is 8.03. The lowest BCUT2D eigenvalue weighted by Gasteiger charge is -2.25. The van der Waals surface area contributed by atoms with Crippen LogP contribution in [0.3, 0.4) is 0 Å². The topological polar surface area (TPSA) is 66.8 Å². The first-order valence-corrected chi connectivity index (χ1v) is 10.7. The smallest absolute Gasteiger partial charge is 0.250 e. The summed E-state index contributed by atoms with van der Waals surface area (Å²) in [6.45, 7) is 7.66. The van der Waals surface area contributed by atoms with Gasteiger partial charge in [-0.25, -0.2) is 8.42 Å². The van der Waals surface area contributed by atoms with Gasteiger partial charge in [0, 0.05) is 16.9 Å². The van der Waals surface area contributed by atoms with Crippen molar-refractivity contribution in [1.29, 1.82) is 0 Å². The molecular weight excluding hydrogens is 344 g/mol. The van der Waals surface area contributed by atoms with Crippen molar-refractivity contribution in [3.63, 3.8) is 0 Å². The van der Waals surface area contributed by atoms with Crippen molar-refractivity contribution in [3.8, 4) is 0 Å². The van der Waals surface area contributed by atoms with Crippen molar-refractivity contribution in [2.24, 2.45) is 10.9 Å². The highest BCUT2D eigenvalue weighted by molar-refractivity contribution is 8.16. The van der Waals surface area contributed by atoms with Crippen LogP contribution in [0.15, 0.2) is 23.2 Å².